The molecule has 0 saturated carbocycles. The molecule has 0 atom stereocenters. The quantitative estimate of drug-likeness (QED) is 0.221. The smallest absolute Gasteiger partial charge is 0.191 e. The number of nitrogens with zero attached hydrogens (tertiary/aromatic N) is 1. The van der Waals surface area contributed by atoms with Gasteiger partial charge in [0.1, 0.15) is 15.6 Å². The Labute approximate surface area is 173 Å². The summed E-state index contributed by atoms with van der Waals surface area (Å²) >= 11 is 0. The molecule has 1 rings (SSSR count). The van der Waals surface area contributed by atoms with Gasteiger partial charge in [-0.1, -0.05) is 12.1 Å². The molecule has 0 aliphatic heterocycles. The third-order valence-corrected chi connectivity index (χ3v) is 4.35. The predicted octanol–water partition coefficient (Wildman–Crippen LogP) is 1.74. The average molecular weight is 499 g/mol. The summed E-state index contributed by atoms with van der Waals surface area (Å²) in [6.07, 6.45) is 2.04. The van der Waals surface area contributed by atoms with Gasteiger partial charge >= 0.3 is 0 Å². The van der Waals surface area contributed by atoms with Crippen LogP contribution in [0.2, 0.25) is 0 Å². The van der Waals surface area contributed by atoms with E-state index in [9.17, 15) is 8.42 Å². The highest BCUT2D eigenvalue weighted by Gasteiger charge is 2.07. The number of aliphatic imine (C=N–C) groups is 1. The van der Waals surface area contributed by atoms with E-state index in [-0.39, 0.29) is 29.7 Å². The normalized spacial score (nSPS) is 11.6. The van der Waals surface area contributed by atoms with Crippen molar-refractivity contribution in [2.24, 2.45) is 4.99 Å². The molecule has 0 fully saturated rings. The molecule has 2 N–H and O–H groups in total. The van der Waals surface area contributed by atoms with Crippen LogP contribution in [-0.4, -0.2) is 60.3 Å². The summed E-state index contributed by atoms with van der Waals surface area (Å²) in [6.45, 7) is 4.11. The van der Waals surface area contributed by atoms with E-state index in [0.29, 0.717) is 32.3 Å². The number of hydrogen-bond acceptors (Lipinski definition) is 5. The Kier molecular flexibility index (Phi) is 12.6. The second kappa shape index (κ2) is 13.2. The van der Waals surface area contributed by atoms with E-state index in [1.807, 2.05) is 25.1 Å². The molecule has 0 aliphatic rings. The molecule has 7 nitrogen and oxygen atoms in total. The Bertz CT molecular complexity index is 666. The number of nitrogens with one attached hydrogen (secondary N) is 2. The summed E-state index contributed by atoms with van der Waals surface area (Å²) in [7, 11) is 0.320. The Morgan fingerprint density at radius 1 is 1.23 bits per heavy atom. The van der Waals surface area contributed by atoms with Crippen molar-refractivity contribution in [1.82, 2.24) is 10.6 Å². The molecule has 0 bridgehead atoms. The highest BCUT2D eigenvalue weighted by atomic mass is 127. The minimum atomic E-state index is -3.00. The molecule has 150 valence electrons. The number of guanidine groups is 1. The van der Waals surface area contributed by atoms with Crippen LogP contribution in [0.1, 0.15) is 17.5 Å². The number of sulfone groups is 1. The van der Waals surface area contributed by atoms with Gasteiger partial charge in [0, 0.05) is 52.1 Å². The van der Waals surface area contributed by atoms with Gasteiger partial charge in [0.05, 0.1) is 12.4 Å². The topological polar surface area (TPSA) is 89.0 Å². The van der Waals surface area contributed by atoms with E-state index in [4.69, 9.17) is 9.47 Å². The minimum absolute atomic E-state index is 0. The van der Waals surface area contributed by atoms with Crippen LogP contribution in [0.25, 0.3) is 0 Å². The maximum absolute atomic E-state index is 11.2. The number of aryl methyl sites for hydroxylation is 1. The van der Waals surface area contributed by atoms with E-state index in [1.165, 1.54) is 6.26 Å². The van der Waals surface area contributed by atoms with E-state index >= 15 is 0 Å². The zero-order valence-corrected chi connectivity index (χ0v) is 19.0. The number of benzene rings is 1. The Morgan fingerprint density at radius 3 is 2.58 bits per heavy atom. The third kappa shape index (κ3) is 10.8. The lowest BCUT2D eigenvalue weighted by atomic mass is 10.1. The van der Waals surface area contributed by atoms with Crippen molar-refractivity contribution in [2.75, 3.05) is 45.9 Å². The maximum atomic E-state index is 11.2. The monoisotopic (exact) mass is 499 g/mol. The van der Waals surface area contributed by atoms with E-state index in [1.54, 1.807) is 14.2 Å². The van der Waals surface area contributed by atoms with Crippen molar-refractivity contribution in [3.05, 3.63) is 29.3 Å². The number of methoxy groups -OCH3 is 1. The van der Waals surface area contributed by atoms with Crippen LogP contribution in [0, 0.1) is 6.92 Å². The fraction of sp³-hybridized carbons (Fsp3) is 0.588. The van der Waals surface area contributed by atoms with Crippen LogP contribution in [0.5, 0.6) is 5.75 Å². The molecule has 0 unspecified atom stereocenters. The molecular weight excluding hydrogens is 469 g/mol. The molecule has 0 spiro atoms. The van der Waals surface area contributed by atoms with Gasteiger partial charge in [0.15, 0.2) is 5.96 Å². The fourth-order valence-electron chi connectivity index (χ4n) is 2.08. The molecule has 0 aliphatic carbocycles. The second-order valence-corrected chi connectivity index (χ2v) is 8.05. The standard InChI is InChI=1S/C17H29N3O4S.HI/c1-14-6-7-15(16(12-14)24-10-5-9-23-3)13-20-17(18-2)19-8-11-25(4,21)22;/h6-7,12H,5,8-11,13H2,1-4H3,(H2,18,19,20);1H. The van der Waals surface area contributed by atoms with Crippen LogP contribution < -0.4 is 15.4 Å². The first-order chi connectivity index (χ1) is 11.9. The summed E-state index contributed by atoms with van der Waals surface area (Å²) in [6, 6.07) is 6.04. The summed E-state index contributed by atoms with van der Waals surface area (Å²) < 4.78 is 33.2. The first kappa shape index (κ1) is 24.9. The van der Waals surface area contributed by atoms with Gasteiger partial charge in [-0.05, 0) is 18.6 Å². The van der Waals surface area contributed by atoms with Gasteiger partial charge in [0.25, 0.3) is 0 Å². The van der Waals surface area contributed by atoms with Crippen molar-refractivity contribution in [3.63, 3.8) is 0 Å². The van der Waals surface area contributed by atoms with Gasteiger partial charge in [-0.3, -0.25) is 4.99 Å². The summed E-state index contributed by atoms with van der Waals surface area (Å²) in [5.74, 6) is 1.44. The molecule has 0 aromatic heterocycles. The Hall–Kier alpha value is -1.07. The van der Waals surface area contributed by atoms with Crippen molar-refractivity contribution in [3.8, 4) is 5.75 Å². The second-order valence-electron chi connectivity index (χ2n) is 5.79. The van der Waals surface area contributed by atoms with Gasteiger partial charge in [-0.25, -0.2) is 8.42 Å². The van der Waals surface area contributed by atoms with Gasteiger partial charge in [-0.15, -0.1) is 24.0 Å². The van der Waals surface area contributed by atoms with Crippen LogP contribution in [-0.2, 0) is 21.1 Å². The average Bonchev–Trinajstić information content (AvgIpc) is 2.55. The summed E-state index contributed by atoms with van der Waals surface area (Å²) in [4.78, 5) is 4.10. The molecule has 0 radical (unpaired) electrons. The highest BCUT2D eigenvalue weighted by molar-refractivity contribution is 14.0. The molecule has 0 heterocycles. The SMILES string of the molecule is CN=C(NCCS(C)(=O)=O)NCc1ccc(C)cc1OCCCOC.I. The number of halogens is 1. The summed E-state index contributed by atoms with van der Waals surface area (Å²) in [5.41, 5.74) is 2.13. The molecule has 26 heavy (non-hydrogen) atoms. The molecule has 0 amide bonds. The first-order valence-electron chi connectivity index (χ1n) is 8.19. The molecule has 0 saturated heterocycles. The molecule has 9 heteroatoms. The molecular formula is C17H30IN3O4S. The van der Waals surface area contributed by atoms with Gasteiger partial charge in [-0.2, -0.15) is 0 Å². The van der Waals surface area contributed by atoms with Crippen LogP contribution in [0.4, 0.5) is 0 Å². The zero-order valence-electron chi connectivity index (χ0n) is 15.9. The minimum Gasteiger partial charge on any atom is -0.493 e. The van der Waals surface area contributed by atoms with E-state index in [2.05, 4.69) is 15.6 Å². The van der Waals surface area contributed by atoms with Crippen LogP contribution in [0.15, 0.2) is 23.2 Å². The van der Waals surface area contributed by atoms with Gasteiger partial charge < -0.3 is 20.1 Å². The number of ether oxygens (including phenoxy) is 2. The van der Waals surface area contributed by atoms with Crippen molar-refractivity contribution in [2.45, 2.75) is 19.9 Å². The van der Waals surface area contributed by atoms with Crippen LogP contribution >= 0.6 is 24.0 Å². The van der Waals surface area contributed by atoms with Crippen molar-refractivity contribution < 1.29 is 17.9 Å². The number of rotatable bonds is 10. The van der Waals surface area contributed by atoms with E-state index < -0.39 is 9.84 Å². The zero-order chi connectivity index (χ0) is 18.7. The number of hydrogen-bond donors (Lipinski definition) is 2. The Morgan fingerprint density at radius 2 is 1.96 bits per heavy atom. The van der Waals surface area contributed by atoms with E-state index in [0.717, 1.165) is 23.3 Å². The van der Waals surface area contributed by atoms with Crippen molar-refractivity contribution in [1.29, 1.82) is 0 Å². The predicted molar refractivity (Wildman–Crippen MR) is 116 cm³/mol. The maximum Gasteiger partial charge on any atom is 0.191 e. The van der Waals surface area contributed by atoms with Crippen molar-refractivity contribution >= 4 is 39.8 Å². The fourth-order valence-corrected chi connectivity index (χ4v) is 2.55. The summed E-state index contributed by atoms with van der Waals surface area (Å²) in [5, 5.41) is 6.16. The lowest BCUT2D eigenvalue weighted by Gasteiger charge is -2.15. The highest BCUT2D eigenvalue weighted by Crippen LogP contribution is 2.20. The lowest BCUT2D eigenvalue weighted by molar-refractivity contribution is 0.171. The molecule has 1 aromatic carbocycles. The lowest BCUT2D eigenvalue weighted by Crippen LogP contribution is -2.39. The first-order valence-corrected chi connectivity index (χ1v) is 10.3. The largest absolute Gasteiger partial charge is 0.493 e. The third-order valence-electron chi connectivity index (χ3n) is 3.41. The Balaban J connectivity index is 0.00000625. The van der Waals surface area contributed by atoms with Crippen LogP contribution in [0.3, 0.4) is 0 Å². The molecule has 1 aromatic rings. The van der Waals surface area contributed by atoms with Gasteiger partial charge in [0.2, 0.25) is 0 Å².